The van der Waals surface area contributed by atoms with Crippen LogP contribution >= 0.6 is 23.5 Å². The summed E-state index contributed by atoms with van der Waals surface area (Å²) in [5.41, 5.74) is 0.198. The minimum Gasteiger partial charge on any atom is -0.503 e. The predicted molar refractivity (Wildman–Crippen MR) is 63.0 cm³/mol. The zero-order valence-electron chi connectivity index (χ0n) is 8.63. The number of carbonyl (C=O) groups excluding carboxylic acids is 1. The van der Waals surface area contributed by atoms with Crippen LogP contribution in [0, 0.1) is 21.3 Å². The van der Waals surface area contributed by atoms with E-state index in [9.17, 15) is 9.90 Å². The number of phenols is 1. The van der Waals surface area contributed by atoms with Gasteiger partial charge in [-0.1, -0.05) is 0 Å². The standard InChI is InChI=1S/C10H6N2O3S2/c1-15-7-2-6(3-13)9(16-4-11)10(8(7)14)17-5-12/h2-3,14H,1H3. The summed E-state index contributed by atoms with van der Waals surface area (Å²) >= 11 is 1.39. The van der Waals surface area contributed by atoms with Gasteiger partial charge in [-0.25, -0.2) is 0 Å². The molecule has 0 aliphatic carbocycles. The molecule has 0 radical (unpaired) electrons. The number of nitriles is 2. The number of thioether (sulfide) groups is 2. The van der Waals surface area contributed by atoms with Gasteiger partial charge in [0, 0.05) is 5.56 Å². The van der Waals surface area contributed by atoms with E-state index in [1.54, 1.807) is 10.8 Å². The highest BCUT2D eigenvalue weighted by Gasteiger charge is 2.19. The number of hydrogen-bond acceptors (Lipinski definition) is 7. The average molecular weight is 266 g/mol. The first kappa shape index (κ1) is 13.2. The number of methoxy groups -OCH3 is 1. The van der Waals surface area contributed by atoms with Crippen molar-refractivity contribution in [2.24, 2.45) is 0 Å². The largest absolute Gasteiger partial charge is 0.503 e. The van der Waals surface area contributed by atoms with E-state index in [1.807, 2.05) is 0 Å². The summed E-state index contributed by atoms with van der Waals surface area (Å²) in [5.74, 6) is -0.158. The minimum absolute atomic E-state index is 0.0899. The van der Waals surface area contributed by atoms with Gasteiger partial charge in [0.25, 0.3) is 0 Å². The number of nitrogens with zero attached hydrogens (tertiary/aromatic N) is 2. The molecule has 1 N–H and O–H groups in total. The Morgan fingerprint density at radius 1 is 1.35 bits per heavy atom. The van der Waals surface area contributed by atoms with E-state index < -0.39 is 0 Å². The van der Waals surface area contributed by atoms with Crippen molar-refractivity contribution in [3.8, 4) is 22.3 Å². The Hall–Kier alpha value is -1.83. The molecule has 1 aromatic carbocycles. The van der Waals surface area contributed by atoms with Crippen molar-refractivity contribution in [3.05, 3.63) is 11.6 Å². The summed E-state index contributed by atoms with van der Waals surface area (Å²) in [6, 6.07) is 1.32. The Morgan fingerprint density at radius 3 is 2.41 bits per heavy atom. The zero-order chi connectivity index (χ0) is 12.8. The molecule has 0 atom stereocenters. The molecule has 1 aromatic rings. The molecular formula is C10H6N2O3S2. The normalized spacial score (nSPS) is 9.12. The van der Waals surface area contributed by atoms with Gasteiger partial charge in [-0.05, 0) is 29.6 Å². The third kappa shape index (κ3) is 2.64. The highest BCUT2D eigenvalue weighted by Crippen LogP contribution is 2.44. The van der Waals surface area contributed by atoms with Crippen LogP contribution in [0.1, 0.15) is 10.4 Å². The molecule has 0 fully saturated rings. The van der Waals surface area contributed by atoms with Crippen LogP contribution in [-0.4, -0.2) is 18.5 Å². The van der Waals surface area contributed by atoms with Gasteiger partial charge in [0.2, 0.25) is 0 Å². The number of aromatic hydroxyl groups is 1. The molecule has 0 heterocycles. The Bertz CT molecular complexity index is 532. The summed E-state index contributed by atoms with van der Waals surface area (Å²) in [7, 11) is 1.33. The van der Waals surface area contributed by atoms with Crippen molar-refractivity contribution < 1.29 is 14.6 Å². The van der Waals surface area contributed by atoms with Gasteiger partial charge in [0.05, 0.1) is 16.9 Å². The molecule has 86 valence electrons. The van der Waals surface area contributed by atoms with Crippen molar-refractivity contribution >= 4 is 29.8 Å². The van der Waals surface area contributed by atoms with Crippen molar-refractivity contribution in [2.45, 2.75) is 9.79 Å². The highest BCUT2D eigenvalue weighted by molar-refractivity contribution is 8.06. The van der Waals surface area contributed by atoms with Crippen LogP contribution in [-0.2, 0) is 0 Å². The maximum atomic E-state index is 10.9. The van der Waals surface area contributed by atoms with E-state index in [0.717, 1.165) is 0 Å². The van der Waals surface area contributed by atoms with Crippen LogP contribution < -0.4 is 4.74 Å². The molecule has 0 amide bonds. The monoisotopic (exact) mass is 266 g/mol. The Kier molecular flexibility index (Phi) is 4.70. The fourth-order valence-corrected chi connectivity index (χ4v) is 2.41. The van der Waals surface area contributed by atoms with Gasteiger partial charge in [-0.2, -0.15) is 10.5 Å². The molecule has 17 heavy (non-hydrogen) atoms. The van der Waals surface area contributed by atoms with Crippen molar-refractivity contribution in [3.63, 3.8) is 0 Å². The lowest BCUT2D eigenvalue weighted by Crippen LogP contribution is -1.93. The average Bonchev–Trinajstić information content (AvgIpc) is 2.34. The summed E-state index contributed by atoms with van der Waals surface area (Å²) < 4.78 is 4.88. The molecule has 0 saturated carbocycles. The lowest BCUT2D eigenvalue weighted by atomic mass is 10.2. The summed E-state index contributed by atoms with van der Waals surface area (Å²) in [6.45, 7) is 0. The third-order valence-electron chi connectivity index (χ3n) is 1.85. The molecular weight excluding hydrogens is 260 g/mol. The van der Waals surface area contributed by atoms with E-state index in [0.29, 0.717) is 29.8 Å². The summed E-state index contributed by atoms with van der Waals surface area (Å²) in [5, 5.41) is 30.7. The molecule has 0 bridgehead atoms. The summed E-state index contributed by atoms with van der Waals surface area (Å²) in [4.78, 5) is 11.3. The van der Waals surface area contributed by atoms with Crippen LogP contribution in [0.3, 0.4) is 0 Å². The van der Waals surface area contributed by atoms with E-state index in [-0.39, 0.29) is 26.9 Å². The molecule has 7 heteroatoms. The number of benzene rings is 1. The zero-order valence-corrected chi connectivity index (χ0v) is 10.3. The summed E-state index contributed by atoms with van der Waals surface area (Å²) in [6.07, 6.45) is 0.545. The molecule has 5 nitrogen and oxygen atoms in total. The first-order valence-electron chi connectivity index (χ1n) is 4.20. The van der Waals surface area contributed by atoms with Gasteiger partial charge in [-0.3, -0.25) is 4.79 Å². The number of thiocyanates is 2. The lowest BCUT2D eigenvalue weighted by Gasteiger charge is -2.11. The Labute approximate surface area is 106 Å². The third-order valence-corrected chi connectivity index (χ3v) is 3.40. The van der Waals surface area contributed by atoms with Crippen LogP contribution in [0.2, 0.25) is 0 Å². The minimum atomic E-state index is -0.248. The van der Waals surface area contributed by atoms with Crippen molar-refractivity contribution in [2.75, 3.05) is 7.11 Å². The van der Waals surface area contributed by atoms with Crippen LogP contribution in [0.4, 0.5) is 0 Å². The number of ether oxygens (including phenoxy) is 1. The van der Waals surface area contributed by atoms with Crippen LogP contribution in [0.15, 0.2) is 15.9 Å². The molecule has 0 unspecified atom stereocenters. The lowest BCUT2D eigenvalue weighted by molar-refractivity contribution is 0.112. The number of phenolic OH excluding ortho intramolecular Hbond substituents is 1. The van der Waals surface area contributed by atoms with Crippen LogP contribution in [0.25, 0.3) is 0 Å². The Balaban J connectivity index is 3.54. The van der Waals surface area contributed by atoms with Gasteiger partial charge in [0.1, 0.15) is 10.8 Å². The number of aldehydes is 1. The molecule has 0 aliphatic heterocycles. The van der Waals surface area contributed by atoms with E-state index >= 15 is 0 Å². The fourth-order valence-electron chi connectivity index (χ4n) is 1.16. The van der Waals surface area contributed by atoms with Crippen molar-refractivity contribution in [1.29, 1.82) is 10.5 Å². The predicted octanol–water partition coefficient (Wildman–Crippen LogP) is 2.36. The van der Waals surface area contributed by atoms with Gasteiger partial charge in [0.15, 0.2) is 17.8 Å². The first-order valence-corrected chi connectivity index (χ1v) is 5.83. The van der Waals surface area contributed by atoms with Crippen molar-refractivity contribution in [1.82, 2.24) is 0 Å². The second-order valence-corrected chi connectivity index (χ2v) is 4.27. The second kappa shape index (κ2) is 6.04. The van der Waals surface area contributed by atoms with E-state index in [4.69, 9.17) is 15.3 Å². The van der Waals surface area contributed by atoms with Gasteiger partial charge in [-0.15, -0.1) is 0 Å². The number of hydrogen-bond donors (Lipinski definition) is 1. The highest BCUT2D eigenvalue weighted by atomic mass is 32.2. The first-order chi connectivity index (χ1) is 8.19. The number of rotatable bonds is 4. The molecule has 0 aliphatic rings. The topological polar surface area (TPSA) is 94.1 Å². The molecule has 1 rings (SSSR count). The maximum absolute atomic E-state index is 10.9. The van der Waals surface area contributed by atoms with Gasteiger partial charge >= 0.3 is 0 Å². The molecule has 0 aromatic heterocycles. The van der Waals surface area contributed by atoms with E-state index in [1.165, 1.54) is 13.2 Å². The van der Waals surface area contributed by atoms with Gasteiger partial charge < -0.3 is 9.84 Å². The fraction of sp³-hybridized carbons (Fsp3) is 0.100. The number of carbonyl (C=O) groups is 1. The van der Waals surface area contributed by atoms with Crippen LogP contribution in [0.5, 0.6) is 11.5 Å². The SMILES string of the molecule is COc1cc(C=O)c(SC#N)c(SC#N)c1O. The van der Waals surface area contributed by atoms with E-state index in [2.05, 4.69) is 0 Å². The quantitative estimate of drug-likeness (QED) is 0.507. The Morgan fingerprint density at radius 2 is 1.94 bits per heavy atom. The maximum Gasteiger partial charge on any atom is 0.173 e. The molecule has 0 saturated heterocycles. The molecule has 0 spiro atoms. The second-order valence-electron chi connectivity index (χ2n) is 2.68. The smallest absolute Gasteiger partial charge is 0.173 e.